The number of aromatic nitrogens is 3. The average Bonchev–Trinajstić information content (AvgIpc) is 2.77. The van der Waals surface area contributed by atoms with Crippen LogP contribution in [-0.2, 0) is 4.79 Å². The molecule has 1 N–H and O–H groups in total. The van der Waals surface area contributed by atoms with Gasteiger partial charge in [0, 0.05) is 50.2 Å². The van der Waals surface area contributed by atoms with Crippen molar-refractivity contribution >= 4 is 29.0 Å². The van der Waals surface area contributed by atoms with Crippen molar-refractivity contribution in [3.8, 4) is 11.6 Å². The second-order valence-corrected chi connectivity index (χ2v) is 7.58. The van der Waals surface area contributed by atoms with E-state index >= 15 is 0 Å². The number of rotatable bonds is 5. The van der Waals surface area contributed by atoms with Gasteiger partial charge in [-0.05, 0) is 49.2 Å². The van der Waals surface area contributed by atoms with Gasteiger partial charge in [0.15, 0.2) is 0 Å². The van der Waals surface area contributed by atoms with Crippen LogP contribution in [0.5, 0.6) is 11.6 Å². The lowest BCUT2D eigenvalue weighted by Gasteiger charge is -2.31. The van der Waals surface area contributed by atoms with Crippen LogP contribution in [0.25, 0.3) is 0 Å². The molecule has 1 aromatic carbocycles. The van der Waals surface area contributed by atoms with Crippen LogP contribution in [-0.4, -0.2) is 38.8 Å². The van der Waals surface area contributed by atoms with Crippen molar-refractivity contribution in [1.29, 1.82) is 0 Å². The summed E-state index contributed by atoms with van der Waals surface area (Å²) < 4.78 is 6.04. The van der Waals surface area contributed by atoms with Gasteiger partial charge in [-0.15, -0.1) is 0 Å². The lowest BCUT2D eigenvalue weighted by Crippen LogP contribution is -2.36. The molecule has 0 radical (unpaired) electrons. The van der Waals surface area contributed by atoms with Crippen molar-refractivity contribution in [3.63, 3.8) is 0 Å². The molecule has 0 saturated carbocycles. The summed E-state index contributed by atoms with van der Waals surface area (Å²) in [7, 11) is 0. The predicted octanol–water partition coefficient (Wildman–Crippen LogP) is 4.79. The summed E-state index contributed by atoms with van der Waals surface area (Å²) in [6.45, 7) is 3.07. The van der Waals surface area contributed by atoms with Gasteiger partial charge < -0.3 is 15.0 Å². The van der Waals surface area contributed by atoms with Crippen molar-refractivity contribution < 1.29 is 9.53 Å². The number of carbonyl (C=O) groups excluding carboxylic acids is 1. The highest BCUT2D eigenvalue weighted by molar-refractivity contribution is 6.30. The molecule has 30 heavy (non-hydrogen) atoms. The molecule has 4 rings (SSSR count). The zero-order chi connectivity index (χ0) is 20.9. The fourth-order valence-corrected chi connectivity index (χ4v) is 3.59. The number of hydrogen-bond donors (Lipinski definition) is 1. The minimum Gasteiger partial charge on any atom is -0.437 e. The Kier molecular flexibility index (Phi) is 6.09. The van der Waals surface area contributed by atoms with Crippen LogP contribution in [0.4, 0.5) is 11.5 Å². The van der Waals surface area contributed by atoms with Gasteiger partial charge in [-0.3, -0.25) is 9.78 Å². The Bertz CT molecular complexity index is 1000. The molecule has 7 nitrogen and oxygen atoms in total. The maximum Gasteiger partial charge on any atom is 0.241 e. The van der Waals surface area contributed by atoms with Gasteiger partial charge in [-0.2, -0.15) is 0 Å². The highest BCUT2D eigenvalue weighted by Crippen LogP contribution is 2.33. The third-order valence-corrected chi connectivity index (χ3v) is 5.31. The standard InChI is InChI=1S/C22H22ClN5O2/c1-15(29)28-12-8-16(9-13-28)21-22(25-11-10-24-21)30-19-5-3-18(4-6-19)27-20-7-2-17(23)14-26-20/h2-7,10-11,14,16H,8-9,12-13H2,1H3,(H,26,27). The number of hydrogen-bond acceptors (Lipinski definition) is 6. The lowest BCUT2D eigenvalue weighted by atomic mass is 9.93. The number of pyridine rings is 1. The van der Waals surface area contributed by atoms with Crippen molar-refractivity contribution in [3.05, 3.63) is 65.7 Å². The van der Waals surface area contributed by atoms with Crippen molar-refractivity contribution in [1.82, 2.24) is 19.9 Å². The van der Waals surface area contributed by atoms with E-state index in [0.717, 1.165) is 37.3 Å². The molecule has 1 amide bonds. The number of piperidine rings is 1. The van der Waals surface area contributed by atoms with Crippen LogP contribution < -0.4 is 10.1 Å². The summed E-state index contributed by atoms with van der Waals surface area (Å²) in [5.74, 6) is 2.24. The third kappa shape index (κ3) is 4.86. The van der Waals surface area contributed by atoms with E-state index in [2.05, 4.69) is 20.3 Å². The quantitative estimate of drug-likeness (QED) is 0.635. The first-order valence-electron chi connectivity index (χ1n) is 9.81. The van der Waals surface area contributed by atoms with Gasteiger partial charge in [0.05, 0.1) is 5.02 Å². The highest BCUT2D eigenvalue weighted by atomic mass is 35.5. The van der Waals surface area contributed by atoms with E-state index in [9.17, 15) is 4.79 Å². The number of nitrogens with one attached hydrogen (secondary N) is 1. The second-order valence-electron chi connectivity index (χ2n) is 7.14. The summed E-state index contributed by atoms with van der Waals surface area (Å²) in [5.41, 5.74) is 1.72. The molecule has 0 unspecified atom stereocenters. The Morgan fingerprint density at radius 3 is 2.47 bits per heavy atom. The van der Waals surface area contributed by atoms with E-state index in [1.54, 1.807) is 31.6 Å². The number of benzene rings is 1. The first-order valence-corrected chi connectivity index (χ1v) is 10.2. The summed E-state index contributed by atoms with van der Waals surface area (Å²) in [6.07, 6.45) is 6.62. The summed E-state index contributed by atoms with van der Waals surface area (Å²) in [5, 5.41) is 3.81. The number of likely N-dealkylation sites (tertiary alicyclic amines) is 1. The summed E-state index contributed by atoms with van der Waals surface area (Å²) in [4.78, 5) is 26.6. The van der Waals surface area contributed by atoms with Gasteiger partial charge in [-0.25, -0.2) is 9.97 Å². The number of ether oxygens (including phenoxy) is 1. The van der Waals surface area contributed by atoms with E-state index in [-0.39, 0.29) is 11.8 Å². The number of halogens is 1. The molecule has 2 aromatic heterocycles. The van der Waals surface area contributed by atoms with Crippen LogP contribution in [0.2, 0.25) is 5.02 Å². The fraction of sp³-hybridized carbons (Fsp3) is 0.273. The Morgan fingerprint density at radius 1 is 1.07 bits per heavy atom. The number of nitrogens with zero attached hydrogens (tertiary/aromatic N) is 4. The predicted molar refractivity (Wildman–Crippen MR) is 115 cm³/mol. The zero-order valence-corrected chi connectivity index (χ0v) is 17.3. The Balaban J connectivity index is 1.43. The topological polar surface area (TPSA) is 80.2 Å². The highest BCUT2D eigenvalue weighted by Gasteiger charge is 2.26. The molecule has 0 aliphatic carbocycles. The summed E-state index contributed by atoms with van der Waals surface area (Å²) in [6, 6.07) is 11.2. The van der Waals surface area contributed by atoms with Crippen LogP contribution in [0.15, 0.2) is 55.0 Å². The minimum absolute atomic E-state index is 0.117. The molecular weight excluding hydrogens is 402 g/mol. The van der Waals surface area contributed by atoms with Crippen molar-refractivity contribution in [2.75, 3.05) is 18.4 Å². The van der Waals surface area contributed by atoms with E-state index < -0.39 is 0 Å². The number of amides is 1. The average molecular weight is 424 g/mol. The van der Waals surface area contributed by atoms with Crippen LogP contribution in [0, 0.1) is 0 Å². The van der Waals surface area contributed by atoms with Crippen LogP contribution >= 0.6 is 11.6 Å². The van der Waals surface area contributed by atoms with Gasteiger partial charge >= 0.3 is 0 Å². The van der Waals surface area contributed by atoms with Crippen LogP contribution in [0.3, 0.4) is 0 Å². The molecule has 1 fully saturated rings. The molecule has 0 atom stereocenters. The normalized spacial score (nSPS) is 14.4. The lowest BCUT2D eigenvalue weighted by molar-refractivity contribution is -0.129. The van der Waals surface area contributed by atoms with Gasteiger partial charge in [-0.1, -0.05) is 11.6 Å². The van der Waals surface area contributed by atoms with E-state index in [1.165, 1.54) is 0 Å². The molecule has 1 saturated heterocycles. The first kappa shape index (κ1) is 20.1. The molecule has 1 aliphatic rings. The molecule has 0 bridgehead atoms. The second kappa shape index (κ2) is 9.09. The van der Waals surface area contributed by atoms with Crippen LogP contribution in [0.1, 0.15) is 31.4 Å². The molecule has 3 heterocycles. The molecule has 1 aliphatic heterocycles. The molecule has 154 valence electrons. The third-order valence-electron chi connectivity index (χ3n) is 5.09. The SMILES string of the molecule is CC(=O)N1CCC(c2nccnc2Oc2ccc(Nc3ccc(Cl)cn3)cc2)CC1. The van der Waals surface area contributed by atoms with E-state index in [0.29, 0.717) is 22.5 Å². The Labute approximate surface area is 180 Å². The zero-order valence-electron chi connectivity index (χ0n) is 16.6. The van der Waals surface area contributed by atoms with Gasteiger partial charge in [0.2, 0.25) is 11.8 Å². The van der Waals surface area contributed by atoms with Gasteiger partial charge in [0.25, 0.3) is 0 Å². The van der Waals surface area contributed by atoms with Crippen molar-refractivity contribution in [2.24, 2.45) is 0 Å². The van der Waals surface area contributed by atoms with E-state index in [4.69, 9.17) is 16.3 Å². The largest absolute Gasteiger partial charge is 0.437 e. The molecule has 0 spiro atoms. The summed E-state index contributed by atoms with van der Waals surface area (Å²) >= 11 is 5.87. The Hall–Kier alpha value is -3.19. The fourth-order valence-electron chi connectivity index (χ4n) is 3.48. The molecule has 3 aromatic rings. The Morgan fingerprint density at radius 2 is 1.80 bits per heavy atom. The minimum atomic E-state index is 0.117. The first-order chi connectivity index (χ1) is 14.6. The van der Waals surface area contributed by atoms with Crippen molar-refractivity contribution in [2.45, 2.75) is 25.7 Å². The number of carbonyl (C=O) groups is 1. The van der Waals surface area contributed by atoms with E-state index in [1.807, 2.05) is 35.2 Å². The molecular formula is C22H22ClN5O2. The molecule has 8 heteroatoms. The monoisotopic (exact) mass is 423 g/mol. The maximum atomic E-state index is 11.6. The number of anilines is 2. The smallest absolute Gasteiger partial charge is 0.241 e. The maximum absolute atomic E-state index is 11.6. The van der Waals surface area contributed by atoms with Gasteiger partial charge in [0.1, 0.15) is 17.3 Å².